The molecule has 0 spiro atoms. The molecule has 7 heteroatoms. The third-order valence-corrected chi connectivity index (χ3v) is 4.26. The molecule has 1 N–H and O–H groups in total. The van der Waals surface area contributed by atoms with Crippen molar-refractivity contribution < 1.29 is 13.9 Å². The van der Waals surface area contributed by atoms with Crippen molar-refractivity contribution in [1.82, 2.24) is 4.98 Å². The molecule has 0 aliphatic heterocycles. The molecule has 0 unspecified atom stereocenters. The minimum absolute atomic E-state index is 0.0514. The fraction of sp³-hybridized carbons (Fsp3) is 0.211. The number of hydrogen-bond donors (Lipinski definition) is 1. The Hall–Kier alpha value is -2.24. The molecule has 0 aliphatic rings. The lowest BCUT2D eigenvalue weighted by molar-refractivity contribution is 0.295. The zero-order valence-corrected chi connectivity index (χ0v) is 15.6. The van der Waals surface area contributed by atoms with Crippen LogP contribution >= 0.6 is 23.2 Å². The smallest absolute Gasteiger partial charge is 0.163 e. The number of hydrogen-bond acceptors (Lipinski definition) is 4. The Balaban J connectivity index is 1.89. The van der Waals surface area contributed by atoms with Crippen LogP contribution in [0, 0.1) is 5.82 Å². The molecule has 26 heavy (non-hydrogen) atoms. The molecule has 3 rings (SSSR count). The van der Waals surface area contributed by atoms with E-state index in [4.69, 9.17) is 32.7 Å². The van der Waals surface area contributed by atoms with E-state index in [1.54, 1.807) is 13.2 Å². The van der Waals surface area contributed by atoms with Crippen molar-refractivity contribution >= 4 is 45.6 Å². The monoisotopic (exact) mass is 394 g/mol. The number of fused-ring (bicyclic) bond motifs is 1. The molecule has 0 atom stereocenters. The SMILES string of the molecule is COc1cc2ccc(Nc3ccc(F)c(Cl)c3)nc2cc1OCCCCl. The van der Waals surface area contributed by atoms with E-state index in [1.165, 1.54) is 12.1 Å². The van der Waals surface area contributed by atoms with E-state index in [9.17, 15) is 4.39 Å². The Bertz CT molecular complexity index is 921. The molecule has 0 fully saturated rings. The molecule has 0 radical (unpaired) electrons. The summed E-state index contributed by atoms with van der Waals surface area (Å²) in [6, 6.07) is 11.9. The topological polar surface area (TPSA) is 43.4 Å². The van der Waals surface area contributed by atoms with Gasteiger partial charge in [-0.1, -0.05) is 11.6 Å². The lowest BCUT2D eigenvalue weighted by Crippen LogP contribution is -2.00. The molecule has 0 bridgehead atoms. The number of halogens is 3. The van der Waals surface area contributed by atoms with Gasteiger partial charge in [0.15, 0.2) is 11.5 Å². The maximum Gasteiger partial charge on any atom is 0.163 e. The number of benzene rings is 2. The van der Waals surface area contributed by atoms with Crippen LogP contribution in [0.25, 0.3) is 10.9 Å². The van der Waals surface area contributed by atoms with Crippen LogP contribution in [0.4, 0.5) is 15.9 Å². The van der Waals surface area contributed by atoms with E-state index in [2.05, 4.69) is 10.3 Å². The first kappa shape index (κ1) is 18.5. The van der Waals surface area contributed by atoms with Gasteiger partial charge in [-0.2, -0.15) is 0 Å². The third-order valence-electron chi connectivity index (χ3n) is 3.70. The Morgan fingerprint density at radius 3 is 2.69 bits per heavy atom. The molecule has 0 saturated carbocycles. The number of rotatable bonds is 7. The molecule has 0 saturated heterocycles. The van der Waals surface area contributed by atoms with Crippen molar-refractivity contribution in [3.05, 3.63) is 53.3 Å². The van der Waals surface area contributed by atoms with Gasteiger partial charge in [-0.3, -0.25) is 0 Å². The second kappa shape index (κ2) is 8.43. The van der Waals surface area contributed by atoms with Crippen LogP contribution < -0.4 is 14.8 Å². The fourth-order valence-electron chi connectivity index (χ4n) is 2.43. The Morgan fingerprint density at radius 1 is 1.12 bits per heavy atom. The summed E-state index contributed by atoms with van der Waals surface area (Å²) in [5.74, 6) is 1.92. The first-order chi connectivity index (χ1) is 12.6. The normalized spacial score (nSPS) is 10.8. The number of anilines is 2. The minimum atomic E-state index is -0.463. The van der Waals surface area contributed by atoms with Crippen molar-refractivity contribution in [3.8, 4) is 11.5 Å². The van der Waals surface area contributed by atoms with Gasteiger partial charge < -0.3 is 14.8 Å². The third kappa shape index (κ3) is 4.29. The number of nitrogens with zero attached hydrogens (tertiary/aromatic N) is 1. The van der Waals surface area contributed by atoms with Crippen molar-refractivity contribution in [3.63, 3.8) is 0 Å². The molecule has 1 aromatic heterocycles. The number of aromatic nitrogens is 1. The highest BCUT2D eigenvalue weighted by Crippen LogP contribution is 2.33. The largest absolute Gasteiger partial charge is 0.493 e. The number of pyridine rings is 1. The summed E-state index contributed by atoms with van der Waals surface area (Å²) in [6.07, 6.45) is 0.739. The van der Waals surface area contributed by atoms with Crippen molar-refractivity contribution in [2.45, 2.75) is 6.42 Å². The lowest BCUT2D eigenvalue weighted by Gasteiger charge is -2.12. The van der Waals surface area contributed by atoms with Gasteiger partial charge in [0, 0.05) is 23.0 Å². The van der Waals surface area contributed by atoms with Crippen LogP contribution in [0.2, 0.25) is 5.02 Å². The van der Waals surface area contributed by atoms with Gasteiger partial charge in [0.2, 0.25) is 0 Å². The van der Waals surface area contributed by atoms with Gasteiger partial charge >= 0.3 is 0 Å². The predicted molar refractivity (Wildman–Crippen MR) is 104 cm³/mol. The molecule has 1 heterocycles. The predicted octanol–water partition coefficient (Wildman–Crippen LogP) is 5.79. The molecule has 0 amide bonds. The summed E-state index contributed by atoms with van der Waals surface area (Å²) in [5, 5.41) is 4.08. The van der Waals surface area contributed by atoms with Crippen LogP contribution in [0.15, 0.2) is 42.5 Å². The standard InChI is InChI=1S/C19H17Cl2FN2O2/c1-25-17-9-12-3-6-19(23-13-4-5-15(22)14(21)10-13)24-16(12)11-18(17)26-8-2-7-20/h3-6,9-11H,2,7-8H2,1H3,(H,23,24). The minimum Gasteiger partial charge on any atom is -0.493 e. The number of ether oxygens (including phenoxy) is 2. The Kier molecular flexibility index (Phi) is 6.01. The summed E-state index contributed by atoms with van der Waals surface area (Å²) in [5.41, 5.74) is 1.39. The van der Waals surface area contributed by atoms with Crippen LogP contribution in [0.5, 0.6) is 11.5 Å². The first-order valence-corrected chi connectivity index (χ1v) is 8.91. The maximum atomic E-state index is 13.3. The maximum absolute atomic E-state index is 13.3. The summed E-state index contributed by atoms with van der Waals surface area (Å²) < 4.78 is 24.4. The summed E-state index contributed by atoms with van der Waals surface area (Å²) in [6.45, 7) is 0.497. The number of alkyl halides is 1. The average Bonchev–Trinajstić information content (AvgIpc) is 2.64. The van der Waals surface area contributed by atoms with Crippen molar-refractivity contribution in [2.75, 3.05) is 24.9 Å². The van der Waals surface area contributed by atoms with E-state index >= 15 is 0 Å². The quantitative estimate of drug-likeness (QED) is 0.406. The molecule has 3 aromatic rings. The van der Waals surface area contributed by atoms with Gasteiger partial charge in [0.1, 0.15) is 11.6 Å². The number of nitrogens with one attached hydrogen (secondary N) is 1. The van der Waals surface area contributed by atoms with Crippen molar-refractivity contribution in [2.24, 2.45) is 0 Å². The molecule has 4 nitrogen and oxygen atoms in total. The molecule has 0 aliphatic carbocycles. The average molecular weight is 395 g/mol. The van der Waals surface area contributed by atoms with Crippen LogP contribution in [0.3, 0.4) is 0 Å². The summed E-state index contributed by atoms with van der Waals surface area (Å²) in [7, 11) is 1.59. The van der Waals surface area contributed by atoms with Gasteiger partial charge in [-0.25, -0.2) is 9.37 Å². The van der Waals surface area contributed by atoms with E-state index in [-0.39, 0.29) is 5.02 Å². The lowest BCUT2D eigenvalue weighted by atomic mass is 10.2. The highest BCUT2D eigenvalue weighted by Gasteiger charge is 2.09. The highest BCUT2D eigenvalue weighted by atomic mass is 35.5. The highest BCUT2D eigenvalue weighted by molar-refractivity contribution is 6.31. The number of methoxy groups -OCH3 is 1. The second-order valence-corrected chi connectivity index (χ2v) is 6.32. The molecule has 2 aromatic carbocycles. The first-order valence-electron chi connectivity index (χ1n) is 8.00. The summed E-state index contributed by atoms with van der Waals surface area (Å²) in [4.78, 5) is 4.58. The molecular formula is C19H17Cl2FN2O2. The molecule has 136 valence electrons. The van der Waals surface area contributed by atoms with Gasteiger partial charge in [0.25, 0.3) is 0 Å². The Labute approximate surface area is 160 Å². The van der Waals surface area contributed by atoms with Crippen molar-refractivity contribution in [1.29, 1.82) is 0 Å². The summed E-state index contributed by atoms with van der Waals surface area (Å²) >= 11 is 11.5. The zero-order chi connectivity index (χ0) is 18.5. The van der Waals surface area contributed by atoms with Gasteiger partial charge in [0.05, 0.1) is 24.3 Å². The van der Waals surface area contributed by atoms with Gasteiger partial charge in [-0.05, 0) is 42.8 Å². The van der Waals surface area contributed by atoms with E-state index in [0.717, 1.165) is 17.3 Å². The molecular weight excluding hydrogens is 378 g/mol. The van der Waals surface area contributed by atoms with Crippen LogP contribution in [0.1, 0.15) is 6.42 Å². The Morgan fingerprint density at radius 2 is 1.96 bits per heavy atom. The van der Waals surface area contributed by atoms with E-state index in [1.807, 2.05) is 24.3 Å². The van der Waals surface area contributed by atoms with Gasteiger partial charge in [-0.15, -0.1) is 11.6 Å². The second-order valence-electron chi connectivity index (χ2n) is 5.54. The van der Waals surface area contributed by atoms with E-state index in [0.29, 0.717) is 35.5 Å². The zero-order valence-electron chi connectivity index (χ0n) is 14.1. The van der Waals surface area contributed by atoms with Crippen LogP contribution in [-0.4, -0.2) is 24.6 Å². The fourth-order valence-corrected chi connectivity index (χ4v) is 2.72. The van der Waals surface area contributed by atoms with E-state index < -0.39 is 5.82 Å². The van der Waals surface area contributed by atoms with Crippen LogP contribution in [-0.2, 0) is 0 Å².